The van der Waals surface area contributed by atoms with Gasteiger partial charge in [-0.2, -0.15) is 0 Å². The zero-order valence-electron chi connectivity index (χ0n) is 26.5. The van der Waals surface area contributed by atoms with Gasteiger partial charge in [-0.3, -0.25) is 9.69 Å². The number of amides is 1. The van der Waals surface area contributed by atoms with Crippen molar-refractivity contribution in [2.24, 2.45) is 5.14 Å². The average molecular weight is 639 g/mol. The highest BCUT2D eigenvalue weighted by Crippen LogP contribution is 2.28. The largest absolute Gasteiger partial charge is 0.369 e. The fraction of sp³-hybridized carbons (Fsp3) is 0.342. The monoisotopic (exact) mass is 638 g/mol. The Morgan fingerprint density at radius 2 is 1.26 bits per heavy atom. The zero-order valence-corrected chi connectivity index (χ0v) is 27.3. The molecule has 1 atom stereocenters. The lowest BCUT2D eigenvalue weighted by molar-refractivity contribution is -0.123. The second kappa shape index (κ2) is 16.5. The molecule has 1 unspecified atom stereocenters. The first-order valence-electron chi connectivity index (χ1n) is 16.4. The van der Waals surface area contributed by atoms with Crippen molar-refractivity contribution in [1.29, 1.82) is 0 Å². The van der Waals surface area contributed by atoms with Gasteiger partial charge < -0.3 is 10.2 Å². The summed E-state index contributed by atoms with van der Waals surface area (Å²) in [5.74, 6) is 0.201. The summed E-state index contributed by atoms with van der Waals surface area (Å²) < 4.78 is 21.2. The van der Waals surface area contributed by atoms with E-state index in [0.717, 1.165) is 45.4 Å². The lowest BCUT2D eigenvalue weighted by Crippen LogP contribution is -2.49. The predicted molar refractivity (Wildman–Crippen MR) is 186 cm³/mol. The van der Waals surface area contributed by atoms with Gasteiger partial charge in [-0.25, -0.2) is 13.6 Å². The molecular weight excluding hydrogens is 593 g/mol. The Labute approximate surface area is 274 Å². The maximum Gasteiger partial charge on any atom is 0.238 e. The number of carbonyl (C=O) groups excluding carboxylic acids is 1. The van der Waals surface area contributed by atoms with Gasteiger partial charge in [-0.15, -0.1) is 0 Å². The Morgan fingerprint density at radius 3 is 1.83 bits per heavy atom. The number of benzene rings is 4. The molecule has 1 amide bonds. The molecule has 0 bridgehead atoms. The standard InChI is InChI=1S/C32H39N3O.C6H7NO2S/c36-32(33-29-14-8-3-9-15-29)25-31(28-12-6-2-7-13-28)35-22-20-34(21-23-35)30-18-16-27(17-19-30)24-26-10-4-1-5-11-26;7-10(8,9)6-4-2-1-3-5-6/h1-2,4-7,10-13,16-19,29,31H,3,8-9,14-15,20-25H2,(H,33,36);1-5H,(H2,7,8,9). The van der Waals surface area contributed by atoms with Crippen LogP contribution in [0.3, 0.4) is 0 Å². The van der Waals surface area contributed by atoms with Crippen LogP contribution in [0.2, 0.25) is 0 Å². The minimum Gasteiger partial charge on any atom is -0.369 e. The minimum absolute atomic E-state index is 0.130. The highest BCUT2D eigenvalue weighted by atomic mass is 32.2. The Kier molecular flexibility index (Phi) is 12.0. The molecule has 0 aromatic heterocycles. The normalized spacial score (nSPS) is 16.6. The molecule has 3 N–H and O–H groups in total. The van der Waals surface area contributed by atoms with E-state index in [4.69, 9.17) is 5.14 Å². The molecule has 4 aromatic carbocycles. The van der Waals surface area contributed by atoms with E-state index in [-0.39, 0.29) is 16.8 Å². The summed E-state index contributed by atoms with van der Waals surface area (Å²) in [6.07, 6.45) is 7.55. The van der Waals surface area contributed by atoms with Crippen molar-refractivity contribution in [3.05, 3.63) is 132 Å². The van der Waals surface area contributed by atoms with Crippen molar-refractivity contribution in [1.82, 2.24) is 10.2 Å². The number of primary sulfonamides is 1. The van der Waals surface area contributed by atoms with E-state index in [1.807, 2.05) is 0 Å². The molecule has 1 aliphatic carbocycles. The van der Waals surface area contributed by atoms with Crippen LogP contribution in [-0.4, -0.2) is 51.4 Å². The van der Waals surface area contributed by atoms with E-state index in [1.165, 1.54) is 53.8 Å². The summed E-state index contributed by atoms with van der Waals surface area (Å²) >= 11 is 0. The summed E-state index contributed by atoms with van der Waals surface area (Å²) in [7, 11) is -3.50. The van der Waals surface area contributed by atoms with Gasteiger partial charge in [0.15, 0.2) is 0 Å². The number of nitrogens with one attached hydrogen (secondary N) is 1. The summed E-state index contributed by atoms with van der Waals surface area (Å²) in [5.41, 5.74) is 5.22. The van der Waals surface area contributed by atoms with Crippen molar-refractivity contribution < 1.29 is 13.2 Å². The average Bonchev–Trinajstić information content (AvgIpc) is 3.09. The van der Waals surface area contributed by atoms with Gasteiger partial charge in [0, 0.05) is 50.4 Å². The fourth-order valence-electron chi connectivity index (χ4n) is 6.40. The quantitative estimate of drug-likeness (QED) is 0.224. The third-order valence-corrected chi connectivity index (χ3v) is 9.84. The molecule has 0 radical (unpaired) electrons. The van der Waals surface area contributed by atoms with E-state index in [1.54, 1.807) is 18.2 Å². The van der Waals surface area contributed by atoms with Crippen LogP contribution >= 0.6 is 0 Å². The number of rotatable bonds is 9. The number of sulfonamides is 1. The van der Waals surface area contributed by atoms with Crippen LogP contribution in [0, 0.1) is 0 Å². The van der Waals surface area contributed by atoms with Gasteiger partial charge >= 0.3 is 0 Å². The SMILES string of the molecule is NS(=O)(=O)c1ccccc1.O=C(CC(c1ccccc1)N1CCN(c2ccc(Cc3ccccc3)cc2)CC1)NC1CCCCC1. The van der Waals surface area contributed by atoms with E-state index in [9.17, 15) is 13.2 Å². The lowest BCUT2D eigenvalue weighted by atomic mass is 9.95. The van der Waals surface area contributed by atoms with Crippen LogP contribution in [0.25, 0.3) is 0 Å². The molecule has 242 valence electrons. The highest BCUT2D eigenvalue weighted by molar-refractivity contribution is 7.89. The molecule has 8 heteroatoms. The van der Waals surface area contributed by atoms with Gasteiger partial charge in [0.2, 0.25) is 15.9 Å². The van der Waals surface area contributed by atoms with Crippen LogP contribution in [0.4, 0.5) is 5.69 Å². The molecule has 4 aromatic rings. The summed E-state index contributed by atoms with van der Waals surface area (Å²) in [5, 5.41) is 8.17. The molecule has 2 aliphatic rings. The maximum absolute atomic E-state index is 13.0. The van der Waals surface area contributed by atoms with Gasteiger partial charge in [0.05, 0.1) is 4.90 Å². The molecule has 6 rings (SSSR count). The fourth-order valence-corrected chi connectivity index (χ4v) is 6.94. The first-order chi connectivity index (χ1) is 22.3. The maximum atomic E-state index is 13.0. The second-order valence-corrected chi connectivity index (χ2v) is 13.8. The van der Waals surface area contributed by atoms with Crippen LogP contribution in [0.5, 0.6) is 0 Å². The third-order valence-electron chi connectivity index (χ3n) is 8.91. The predicted octanol–water partition coefficient (Wildman–Crippen LogP) is 6.31. The van der Waals surface area contributed by atoms with Gasteiger partial charge in [-0.05, 0) is 60.2 Å². The van der Waals surface area contributed by atoms with Crippen LogP contribution in [0.1, 0.15) is 61.3 Å². The molecule has 1 saturated carbocycles. The topological polar surface area (TPSA) is 95.7 Å². The van der Waals surface area contributed by atoms with Crippen LogP contribution in [0.15, 0.2) is 120 Å². The second-order valence-electron chi connectivity index (χ2n) is 12.2. The summed E-state index contributed by atoms with van der Waals surface area (Å²) in [6, 6.07) is 38.7. The summed E-state index contributed by atoms with van der Waals surface area (Å²) in [4.78, 5) is 18.2. The third kappa shape index (κ3) is 10.0. The lowest BCUT2D eigenvalue weighted by Gasteiger charge is -2.40. The molecule has 1 heterocycles. The molecule has 2 fully saturated rings. The van der Waals surface area contributed by atoms with Gasteiger partial charge in [0.25, 0.3) is 0 Å². The summed E-state index contributed by atoms with van der Waals surface area (Å²) in [6.45, 7) is 3.88. The first kappa shape index (κ1) is 33.4. The molecular formula is C38H46N4O3S. The number of nitrogens with zero attached hydrogens (tertiary/aromatic N) is 2. The minimum atomic E-state index is -3.50. The van der Waals surface area contributed by atoms with Crippen LogP contribution < -0.4 is 15.4 Å². The molecule has 1 aliphatic heterocycles. The van der Waals surface area contributed by atoms with Crippen molar-refractivity contribution in [2.75, 3.05) is 31.1 Å². The molecule has 7 nitrogen and oxygen atoms in total. The van der Waals surface area contributed by atoms with Crippen LogP contribution in [-0.2, 0) is 21.2 Å². The first-order valence-corrected chi connectivity index (χ1v) is 17.9. The number of hydrogen-bond acceptors (Lipinski definition) is 5. The number of carbonyl (C=O) groups is 1. The van der Waals surface area contributed by atoms with Gasteiger partial charge in [-0.1, -0.05) is 110 Å². The molecule has 46 heavy (non-hydrogen) atoms. The smallest absolute Gasteiger partial charge is 0.238 e. The van der Waals surface area contributed by atoms with E-state index < -0.39 is 10.0 Å². The molecule has 0 spiro atoms. The number of piperazine rings is 1. The molecule has 1 saturated heterocycles. The van der Waals surface area contributed by atoms with Crippen molar-refractivity contribution in [3.63, 3.8) is 0 Å². The number of anilines is 1. The Morgan fingerprint density at radius 1 is 0.717 bits per heavy atom. The van der Waals surface area contributed by atoms with E-state index >= 15 is 0 Å². The van der Waals surface area contributed by atoms with E-state index in [2.05, 4.69) is 100 Å². The highest BCUT2D eigenvalue weighted by Gasteiger charge is 2.28. The zero-order chi connectivity index (χ0) is 32.2. The Hall–Kier alpha value is -3.98. The number of hydrogen-bond donors (Lipinski definition) is 2. The van der Waals surface area contributed by atoms with E-state index in [0.29, 0.717) is 12.5 Å². The Balaban J connectivity index is 0.000000356. The number of nitrogens with two attached hydrogens (primary N) is 1. The Bertz CT molecular complexity index is 1590. The van der Waals surface area contributed by atoms with Crippen molar-refractivity contribution in [3.8, 4) is 0 Å². The van der Waals surface area contributed by atoms with Crippen molar-refractivity contribution >= 4 is 21.6 Å². The van der Waals surface area contributed by atoms with Gasteiger partial charge in [0.1, 0.15) is 0 Å². The van der Waals surface area contributed by atoms with Crippen molar-refractivity contribution in [2.45, 2.75) is 61.9 Å².